The number of likely N-dealkylation sites (tertiary alicyclic amines) is 1. The van der Waals surface area contributed by atoms with E-state index in [1.165, 1.54) is 0 Å². The first-order valence-corrected chi connectivity index (χ1v) is 10.6. The fraction of sp³-hybridized carbons (Fsp3) is 0.556. The largest absolute Gasteiger partial charge is 0.381 e. The Balaban J connectivity index is 1.39. The minimum absolute atomic E-state index is 0.166. The van der Waals surface area contributed by atoms with Crippen LogP contribution in [0, 0.1) is 5.92 Å². The maximum absolute atomic E-state index is 12.8. The number of alkyl halides is 1. The van der Waals surface area contributed by atoms with Crippen LogP contribution in [0.5, 0.6) is 0 Å². The van der Waals surface area contributed by atoms with Gasteiger partial charge in [-0.15, -0.1) is 10.2 Å². The summed E-state index contributed by atoms with van der Waals surface area (Å²) in [7, 11) is 0. The molecule has 1 amide bonds. The maximum Gasteiger partial charge on any atom is 0.222 e. The van der Waals surface area contributed by atoms with Crippen molar-refractivity contribution in [2.45, 2.75) is 29.1 Å². The Morgan fingerprint density at radius 1 is 1.30 bits per heavy atom. The molecule has 0 saturated carbocycles. The molecule has 0 bridgehead atoms. The van der Waals surface area contributed by atoms with Crippen molar-refractivity contribution < 1.29 is 9.53 Å². The van der Waals surface area contributed by atoms with Crippen molar-refractivity contribution in [3.05, 3.63) is 24.3 Å². The lowest BCUT2D eigenvalue weighted by Crippen LogP contribution is -2.32. The quantitative estimate of drug-likeness (QED) is 0.459. The number of H-pyrrole nitrogens is 1. The molecule has 0 unspecified atom stereocenters. The maximum atomic E-state index is 12.8. The molecule has 2 saturated heterocycles. The predicted molar refractivity (Wildman–Crippen MR) is 108 cm³/mol. The van der Waals surface area contributed by atoms with Crippen LogP contribution in [0.3, 0.4) is 0 Å². The van der Waals surface area contributed by atoms with Crippen LogP contribution in [0.15, 0.2) is 18.5 Å². The van der Waals surface area contributed by atoms with Crippen molar-refractivity contribution in [1.29, 1.82) is 0 Å². The van der Waals surface area contributed by atoms with Crippen molar-refractivity contribution in [2.75, 3.05) is 26.3 Å². The van der Waals surface area contributed by atoms with Gasteiger partial charge in [-0.2, -0.15) is 0 Å². The second-order valence-electron chi connectivity index (χ2n) is 7.40. The first kappa shape index (κ1) is 17.4. The van der Waals surface area contributed by atoms with Gasteiger partial charge in [-0.3, -0.25) is 9.20 Å². The molecule has 5 rings (SSSR count). The molecule has 2 atom stereocenters. The standard InChI is InChI=1S/C18H21IN6O2/c19-13-10-24(16(26)7-11-2-5-27-6-3-11)9-12(13)18-23-22-15-8-21-17-14(25(15)18)1-4-20-17/h1,4,8,11-13,20H,2-3,5-7,9-10H2/t12-,13+/m0/s1. The number of ether oxygens (including phenoxy) is 1. The Bertz CT molecular complexity index is 979. The van der Waals surface area contributed by atoms with E-state index in [4.69, 9.17) is 4.74 Å². The smallest absolute Gasteiger partial charge is 0.222 e. The zero-order chi connectivity index (χ0) is 18.4. The highest BCUT2D eigenvalue weighted by atomic mass is 127. The Kier molecular flexibility index (Phi) is 4.50. The summed E-state index contributed by atoms with van der Waals surface area (Å²) in [4.78, 5) is 22.4. The fourth-order valence-corrected chi connectivity index (χ4v) is 5.20. The molecule has 9 heteroatoms. The molecule has 3 aromatic heterocycles. The average molecular weight is 480 g/mol. The molecule has 0 aliphatic carbocycles. The fourth-order valence-electron chi connectivity index (χ4n) is 4.18. The van der Waals surface area contributed by atoms with Gasteiger partial charge in [-0.25, -0.2) is 4.98 Å². The highest BCUT2D eigenvalue weighted by Crippen LogP contribution is 2.34. The van der Waals surface area contributed by atoms with Gasteiger partial charge in [-0.05, 0) is 24.8 Å². The molecular weight excluding hydrogens is 459 g/mol. The van der Waals surface area contributed by atoms with E-state index >= 15 is 0 Å². The number of carbonyl (C=O) groups excluding carboxylic acids is 1. The molecule has 2 fully saturated rings. The zero-order valence-electron chi connectivity index (χ0n) is 14.8. The number of halogens is 1. The summed E-state index contributed by atoms with van der Waals surface area (Å²) in [6.45, 7) is 3.03. The number of amides is 1. The number of hydrogen-bond donors (Lipinski definition) is 1. The van der Waals surface area contributed by atoms with E-state index in [1.54, 1.807) is 6.20 Å². The van der Waals surface area contributed by atoms with Crippen LogP contribution in [0.1, 0.15) is 31.0 Å². The zero-order valence-corrected chi connectivity index (χ0v) is 17.0. The number of aromatic nitrogens is 5. The Labute approximate surface area is 169 Å². The Hall–Kier alpha value is -1.75. The average Bonchev–Trinajstić information content (AvgIpc) is 3.39. The number of aromatic amines is 1. The summed E-state index contributed by atoms with van der Waals surface area (Å²) < 4.78 is 7.79. The molecule has 142 valence electrons. The topological polar surface area (TPSA) is 88.4 Å². The lowest BCUT2D eigenvalue weighted by atomic mass is 9.96. The minimum Gasteiger partial charge on any atom is -0.381 e. The van der Waals surface area contributed by atoms with E-state index in [9.17, 15) is 4.79 Å². The number of nitrogens with zero attached hydrogens (tertiary/aromatic N) is 5. The molecule has 1 N–H and O–H groups in total. The summed E-state index contributed by atoms with van der Waals surface area (Å²) >= 11 is 2.45. The van der Waals surface area contributed by atoms with Crippen LogP contribution in [0.25, 0.3) is 16.8 Å². The van der Waals surface area contributed by atoms with Crippen LogP contribution in [-0.4, -0.2) is 65.6 Å². The van der Waals surface area contributed by atoms with Gasteiger partial charge in [0.25, 0.3) is 0 Å². The molecule has 5 heterocycles. The Morgan fingerprint density at radius 3 is 3.00 bits per heavy atom. The van der Waals surface area contributed by atoms with Crippen molar-refractivity contribution in [3.8, 4) is 0 Å². The molecule has 8 nitrogen and oxygen atoms in total. The van der Waals surface area contributed by atoms with Crippen molar-refractivity contribution in [2.24, 2.45) is 5.92 Å². The highest BCUT2D eigenvalue weighted by Gasteiger charge is 2.38. The second kappa shape index (κ2) is 7.01. The molecule has 0 radical (unpaired) electrons. The third-order valence-corrected chi connectivity index (χ3v) is 6.97. The summed E-state index contributed by atoms with van der Waals surface area (Å²) in [6.07, 6.45) is 6.22. The minimum atomic E-state index is 0.166. The van der Waals surface area contributed by atoms with Crippen LogP contribution < -0.4 is 0 Å². The van der Waals surface area contributed by atoms with Gasteiger partial charge >= 0.3 is 0 Å². The van der Waals surface area contributed by atoms with Crippen LogP contribution >= 0.6 is 22.6 Å². The first-order chi connectivity index (χ1) is 13.2. The molecule has 0 aromatic carbocycles. The van der Waals surface area contributed by atoms with E-state index < -0.39 is 0 Å². The van der Waals surface area contributed by atoms with E-state index in [0.717, 1.165) is 55.2 Å². The monoisotopic (exact) mass is 480 g/mol. The summed E-state index contributed by atoms with van der Waals surface area (Å²) in [5.74, 6) is 1.79. The van der Waals surface area contributed by atoms with Crippen LogP contribution in [-0.2, 0) is 9.53 Å². The number of nitrogens with one attached hydrogen (secondary N) is 1. The summed E-state index contributed by atoms with van der Waals surface area (Å²) in [5, 5.41) is 8.77. The van der Waals surface area contributed by atoms with Gasteiger partial charge in [0.1, 0.15) is 5.82 Å². The molecular formula is C18H21IN6O2. The van der Waals surface area contributed by atoms with Gasteiger partial charge in [-0.1, -0.05) is 22.6 Å². The van der Waals surface area contributed by atoms with Gasteiger partial charge in [0.05, 0.1) is 17.6 Å². The van der Waals surface area contributed by atoms with Gasteiger partial charge in [0.15, 0.2) is 11.3 Å². The predicted octanol–water partition coefficient (Wildman–Crippen LogP) is 2.15. The summed E-state index contributed by atoms with van der Waals surface area (Å²) in [5.41, 5.74) is 2.54. The normalized spacial score (nSPS) is 24.3. The Morgan fingerprint density at radius 2 is 2.15 bits per heavy atom. The van der Waals surface area contributed by atoms with E-state index in [2.05, 4.69) is 47.2 Å². The highest BCUT2D eigenvalue weighted by molar-refractivity contribution is 14.1. The number of rotatable bonds is 3. The first-order valence-electron chi connectivity index (χ1n) is 9.37. The molecule has 27 heavy (non-hydrogen) atoms. The molecule has 2 aliphatic heterocycles. The van der Waals surface area contributed by atoms with E-state index in [0.29, 0.717) is 22.8 Å². The lowest BCUT2D eigenvalue weighted by molar-refractivity contribution is -0.131. The van der Waals surface area contributed by atoms with Crippen molar-refractivity contribution >= 4 is 45.3 Å². The third kappa shape index (κ3) is 3.10. The summed E-state index contributed by atoms with van der Waals surface area (Å²) in [6, 6.07) is 1.99. The number of carbonyl (C=O) groups is 1. The van der Waals surface area contributed by atoms with E-state index in [-0.39, 0.29) is 11.8 Å². The van der Waals surface area contributed by atoms with Crippen molar-refractivity contribution in [3.63, 3.8) is 0 Å². The van der Waals surface area contributed by atoms with Crippen LogP contribution in [0.2, 0.25) is 0 Å². The van der Waals surface area contributed by atoms with Crippen molar-refractivity contribution in [1.82, 2.24) is 29.5 Å². The molecule has 3 aromatic rings. The number of hydrogen-bond acceptors (Lipinski definition) is 5. The van der Waals surface area contributed by atoms with Gasteiger partial charge < -0.3 is 14.6 Å². The SMILES string of the molecule is O=C(CC1CCOCC1)N1C[C@@H](I)[C@@H](c2nnc3cnc4[nH]ccc4n23)C1. The second-order valence-corrected chi connectivity index (χ2v) is 9.00. The molecule has 0 spiro atoms. The van der Waals surface area contributed by atoms with Crippen LogP contribution in [0.4, 0.5) is 0 Å². The van der Waals surface area contributed by atoms with E-state index in [1.807, 2.05) is 17.2 Å². The number of fused-ring (bicyclic) bond motifs is 3. The van der Waals surface area contributed by atoms with Gasteiger partial charge in [0.2, 0.25) is 5.91 Å². The third-order valence-electron chi connectivity index (χ3n) is 5.70. The molecule has 2 aliphatic rings. The lowest BCUT2D eigenvalue weighted by Gasteiger charge is -2.24. The van der Waals surface area contributed by atoms with Gasteiger partial charge in [0, 0.05) is 42.8 Å².